The van der Waals surface area contributed by atoms with Crippen molar-refractivity contribution in [1.82, 2.24) is 9.80 Å². The van der Waals surface area contributed by atoms with E-state index in [1.807, 2.05) is 6.07 Å². The highest BCUT2D eigenvalue weighted by molar-refractivity contribution is 5.85. The van der Waals surface area contributed by atoms with Gasteiger partial charge in [0.15, 0.2) is 11.5 Å². The first-order valence-corrected chi connectivity index (χ1v) is 17.4. The Labute approximate surface area is 270 Å². The monoisotopic (exact) mass is 630 g/mol. The molecule has 0 aromatic heterocycles. The largest absolute Gasteiger partial charge is 0.454 e. The second kappa shape index (κ2) is 12.6. The van der Waals surface area contributed by atoms with Crippen LogP contribution in [0.4, 0.5) is 0 Å². The van der Waals surface area contributed by atoms with E-state index in [1.54, 1.807) is 0 Å². The van der Waals surface area contributed by atoms with Gasteiger partial charge in [-0.15, -0.1) is 12.4 Å². The summed E-state index contributed by atoms with van der Waals surface area (Å²) in [5.74, 6) is 5.18. The van der Waals surface area contributed by atoms with Crippen molar-refractivity contribution in [2.24, 2.45) is 46.3 Å². The van der Waals surface area contributed by atoms with Crippen LogP contribution >= 0.6 is 12.4 Å². The SMILES string of the molecule is C[C@H](CCC(=O)N1CCN(Cc2ccc3c(c2)OCO3)CC1)[C@H]1CC[C@H]2[C@@H]3[C@@H](O)C[C@@H]4C[C@H](O)CC[C@]4(C)[C@H]3CC[C@]12C.Cl. The molecule has 2 heterocycles. The number of aliphatic hydroxyl groups excluding tert-OH is 2. The molecule has 44 heavy (non-hydrogen) atoms. The van der Waals surface area contributed by atoms with Gasteiger partial charge in [-0.1, -0.05) is 26.8 Å². The fourth-order valence-corrected chi connectivity index (χ4v) is 11.3. The Morgan fingerprint density at radius 1 is 0.955 bits per heavy atom. The van der Waals surface area contributed by atoms with Crippen LogP contribution in [0.1, 0.15) is 90.5 Å². The number of nitrogens with zero attached hydrogens (tertiary/aromatic N) is 2. The van der Waals surface area contributed by atoms with E-state index >= 15 is 0 Å². The maximum absolute atomic E-state index is 13.3. The molecule has 8 heteroatoms. The minimum Gasteiger partial charge on any atom is -0.454 e. The van der Waals surface area contributed by atoms with Crippen molar-refractivity contribution in [3.05, 3.63) is 23.8 Å². The number of carbonyl (C=O) groups excluding carboxylic acids is 1. The van der Waals surface area contributed by atoms with E-state index in [4.69, 9.17) is 9.47 Å². The lowest BCUT2D eigenvalue weighted by Crippen LogP contribution is -2.58. The zero-order valence-corrected chi connectivity index (χ0v) is 27.9. The van der Waals surface area contributed by atoms with Gasteiger partial charge in [-0.05, 0) is 122 Å². The number of benzene rings is 1. The predicted molar refractivity (Wildman–Crippen MR) is 173 cm³/mol. The quantitative estimate of drug-likeness (QED) is 0.408. The lowest BCUT2D eigenvalue weighted by Gasteiger charge is -2.62. The zero-order chi connectivity index (χ0) is 29.9. The fraction of sp³-hybridized carbons (Fsp3) is 0.806. The molecule has 6 aliphatic rings. The van der Waals surface area contributed by atoms with Gasteiger partial charge in [-0.2, -0.15) is 0 Å². The second-order valence-corrected chi connectivity index (χ2v) is 15.8. The highest BCUT2D eigenvalue weighted by atomic mass is 35.5. The summed E-state index contributed by atoms with van der Waals surface area (Å²) in [6, 6.07) is 6.18. The van der Waals surface area contributed by atoms with Crippen LogP contribution in [-0.4, -0.2) is 71.1 Å². The number of fused-ring (bicyclic) bond motifs is 6. The Morgan fingerprint density at radius 3 is 2.48 bits per heavy atom. The molecule has 4 saturated carbocycles. The van der Waals surface area contributed by atoms with Crippen molar-refractivity contribution in [1.29, 1.82) is 0 Å². The number of amides is 1. The van der Waals surface area contributed by atoms with Gasteiger partial charge in [0, 0.05) is 39.1 Å². The first kappa shape index (κ1) is 32.4. The van der Waals surface area contributed by atoms with Crippen LogP contribution in [0.3, 0.4) is 0 Å². The van der Waals surface area contributed by atoms with Crippen molar-refractivity contribution in [3.63, 3.8) is 0 Å². The molecule has 10 atom stereocenters. The normalized spacial score (nSPS) is 40.4. The Balaban J connectivity index is 0.00000343. The molecule has 2 N–H and O–H groups in total. The van der Waals surface area contributed by atoms with E-state index in [9.17, 15) is 15.0 Å². The average Bonchev–Trinajstić information content (AvgIpc) is 3.61. The van der Waals surface area contributed by atoms with Crippen molar-refractivity contribution < 1.29 is 24.5 Å². The molecule has 1 aromatic carbocycles. The number of rotatable bonds is 6. The van der Waals surface area contributed by atoms with Crippen LogP contribution in [0.25, 0.3) is 0 Å². The summed E-state index contributed by atoms with van der Waals surface area (Å²) >= 11 is 0. The maximum atomic E-state index is 13.3. The summed E-state index contributed by atoms with van der Waals surface area (Å²) in [5.41, 5.74) is 1.76. The number of piperazine rings is 1. The highest BCUT2D eigenvalue weighted by Gasteiger charge is 2.62. The molecule has 5 fully saturated rings. The Morgan fingerprint density at radius 2 is 1.68 bits per heavy atom. The summed E-state index contributed by atoms with van der Waals surface area (Å²) in [4.78, 5) is 17.8. The van der Waals surface area contributed by atoms with E-state index in [1.165, 1.54) is 31.2 Å². The summed E-state index contributed by atoms with van der Waals surface area (Å²) < 4.78 is 11.0. The van der Waals surface area contributed by atoms with Gasteiger partial charge in [0.25, 0.3) is 0 Å². The van der Waals surface area contributed by atoms with E-state index in [0.29, 0.717) is 54.6 Å². The standard InChI is InChI=1S/C36H54N2O5.ClH/c1-23(4-9-33(41)38-16-14-37(15-17-38)21-24-5-8-31-32(18-24)43-22-42-31)27-6-7-28-34-29(11-13-36(27,28)3)35(2)12-10-26(39)19-25(35)20-30(34)40;/h5,8,18,23,25-30,34,39-40H,4,6-7,9-17,19-22H2,1-3H3;1H/t23-,25+,26-,27-,28+,29+,30+,34+,35+,36-;/m1./s1. The van der Waals surface area contributed by atoms with Crippen LogP contribution < -0.4 is 9.47 Å². The first-order valence-electron chi connectivity index (χ1n) is 17.4. The minimum absolute atomic E-state index is 0. The van der Waals surface area contributed by atoms with Gasteiger partial charge < -0.3 is 24.6 Å². The molecule has 1 saturated heterocycles. The van der Waals surface area contributed by atoms with Crippen molar-refractivity contribution in [3.8, 4) is 11.5 Å². The van der Waals surface area contributed by atoms with Gasteiger partial charge in [0.1, 0.15) is 0 Å². The lowest BCUT2D eigenvalue weighted by molar-refractivity contribution is -0.174. The minimum atomic E-state index is -0.225. The van der Waals surface area contributed by atoms with E-state index < -0.39 is 0 Å². The molecule has 0 bridgehead atoms. The van der Waals surface area contributed by atoms with Gasteiger partial charge in [-0.25, -0.2) is 0 Å². The van der Waals surface area contributed by atoms with Crippen LogP contribution in [-0.2, 0) is 11.3 Å². The Bertz CT molecular complexity index is 1190. The number of aliphatic hydroxyl groups is 2. The number of halogens is 1. The molecule has 1 amide bonds. The molecule has 7 rings (SSSR count). The Hall–Kier alpha value is -1.54. The molecule has 0 unspecified atom stereocenters. The van der Waals surface area contributed by atoms with Crippen LogP contribution in [0, 0.1) is 46.3 Å². The molecule has 246 valence electrons. The number of carbonyl (C=O) groups is 1. The van der Waals surface area contributed by atoms with Crippen molar-refractivity contribution >= 4 is 18.3 Å². The average molecular weight is 631 g/mol. The van der Waals surface area contributed by atoms with Gasteiger partial charge in [0.2, 0.25) is 12.7 Å². The number of hydrogen-bond acceptors (Lipinski definition) is 6. The predicted octanol–water partition coefficient (Wildman–Crippen LogP) is 5.89. The smallest absolute Gasteiger partial charge is 0.231 e. The zero-order valence-electron chi connectivity index (χ0n) is 27.1. The summed E-state index contributed by atoms with van der Waals surface area (Å²) in [6.07, 6.45) is 9.95. The van der Waals surface area contributed by atoms with E-state index in [2.05, 4.69) is 42.7 Å². The number of hydrogen-bond donors (Lipinski definition) is 2. The fourth-order valence-electron chi connectivity index (χ4n) is 11.3. The van der Waals surface area contributed by atoms with Gasteiger partial charge in [-0.3, -0.25) is 9.69 Å². The molecule has 4 aliphatic carbocycles. The van der Waals surface area contributed by atoms with Crippen molar-refractivity contribution in [2.45, 2.75) is 104 Å². The third-order valence-corrected chi connectivity index (χ3v) is 13.8. The molecular formula is C36H55ClN2O5. The summed E-state index contributed by atoms with van der Waals surface area (Å²) in [5, 5.41) is 21.9. The van der Waals surface area contributed by atoms with E-state index in [0.717, 1.165) is 76.3 Å². The molecular weight excluding hydrogens is 576 g/mol. The van der Waals surface area contributed by atoms with Crippen molar-refractivity contribution in [2.75, 3.05) is 33.0 Å². The lowest BCUT2D eigenvalue weighted by atomic mass is 9.43. The van der Waals surface area contributed by atoms with Crippen LogP contribution in [0.5, 0.6) is 11.5 Å². The summed E-state index contributed by atoms with van der Waals surface area (Å²) in [6.45, 7) is 12.0. The molecule has 2 aliphatic heterocycles. The van der Waals surface area contributed by atoms with Crippen LogP contribution in [0.15, 0.2) is 18.2 Å². The first-order chi connectivity index (χ1) is 20.7. The summed E-state index contributed by atoms with van der Waals surface area (Å²) in [7, 11) is 0. The third-order valence-electron chi connectivity index (χ3n) is 13.8. The molecule has 7 nitrogen and oxygen atoms in total. The second-order valence-electron chi connectivity index (χ2n) is 15.8. The van der Waals surface area contributed by atoms with Crippen LogP contribution in [0.2, 0.25) is 0 Å². The molecule has 0 radical (unpaired) electrons. The Kier molecular flexibility index (Phi) is 9.26. The maximum Gasteiger partial charge on any atom is 0.231 e. The van der Waals surface area contributed by atoms with Gasteiger partial charge >= 0.3 is 0 Å². The van der Waals surface area contributed by atoms with E-state index in [-0.39, 0.29) is 35.4 Å². The highest BCUT2D eigenvalue weighted by Crippen LogP contribution is 2.68. The molecule has 1 aromatic rings. The van der Waals surface area contributed by atoms with Gasteiger partial charge in [0.05, 0.1) is 12.2 Å². The topological polar surface area (TPSA) is 82.5 Å². The number of ether oxygens (including phenoxy) is 2. The molecule has 0 spiro atoms. The third kappa shape index (κ3) is 5.66.